The number of rotatable bonds is 1. The molecule has 0 unspecified atom stereocenters. The van der Waals surface area contributed by atoms with E-state index in [4.69, 9.17) is 30.1 Å². The van der Waals surface area contributed by atoms with E-state index in [1.54, 1.807) is 6.07 Å². The summed E-state index contributed by atoms with van der Waals surface area (Å²) >= 11 is -1.62. The van der Waals surface area contributed by atoms with Gasteiger partial charge < -0.3 is 10.9 Å². The van der Waals surface area contributed by atoms with Crippen LogP contribution in [0.25, 0.3) is 16.9 Å². The first-order valence-electron chi connectivity index (χ1n) is 4.24. The first-order valence-corrected chi connectivity index (χ1v) is 9.50. The number of halogens is 3. The van der Waals surface area contributed by atoms with Gasteiger partial charge in [-0.15, -0.1) is 23.1 Å². The van der Waals surface area contributed by atoms with Crippen LogP contribution in [0.3, 0.4) is 0 Å². The largest absolute Gasteiger partial charge is 0.693 e. The number of benzene rings is 2. The Morgan fingerprint density at radius 3 is 2.06 bits per heavy atom. The fourth-order valence-corrected chi connectivity index (χ4v) is 1.31. The molecule has 17 heavy (non-hydrogen) atoms. The fraction of sp³-hybridized carbons (Fsp3) is 0. The Balaban J connectivity index is 0.000000453. The van der Waals surface area contributed by atoms with Gasteiger partial charge in [0.1, 0.15) is 0 Å². The second-order valence-electron chi connectivity index (χ2n) is 2.80. The molecule has 0 bridgehead atoms. The van der Waals surface area contributed by atoms with Gasteiger partial charge in [-0.25, -0.2) is 0 Å². The van der Waals surface area contributed by atoms with E-state index in [1.165, 1.54) is 0 Å². The van der Waals surface area contributed by atoms with Crippen LogP contribution in [-0.4, -0.2) is 6.29 Å². The maximum atomic E-state index is 10.5. The van der Waals surface area contributed by atoms with Crippen LogP contribution in [-0.2, 0) is 16.2 Å². The normalized spacial score (nSPS) is 9.18. The topological polar surface area (TPSA) is 50.6 Å². The predicted octanol–water partition coefficient (Wildman–Crippen LogP) is 5.08. The summed E-state index contributed by atoms with van der Waals surface area (Å²) in [4.78, 5) is 10.5. The zero-order valence-corrected chi connectivity index (χ0v) is 12.1. The molecule has 0 saturated carbocycles. The van der Waals surface area contributed by atoms with E-state index in [1.807, 2.05) is 42.7 Å². The molecular formula is C11H9Cl3CrNO-2. The zero-order valence-electron chi connectivity index (χ0n) is 8.57. The third-order valence-electron chi connectivity index (χ3n) is 1.90. The average molecular weight is 330 g/mol. The monoisotopic (exact) mass is 328 g/mol. The minimum absolute atomic E-state index is 0. The van der Waals surface area contributed by atoms with E-state index >= 15 is 0 Å². The maximum absolute atomic E-state index is 10.5. The molecule has 2 rings (SSSR count). The summed E-state index contributed by atoms with van der Waals surface area (Å²) in [5.41, 5.74) is 0.633. The summed E-state index contributed by atoms with van der Waals surface area (Å²) in [6.07, 6.45) is 1.92. The molecule has 0 spiro atoms. The van der Waals surface area contributed by atoms with Crippen LogP contribution in [0, 0.1) is 0 Å². The first kappa shape index (κ1) is 16.7. The number of hydrogen-bond donors (Lipinski definition) is 0. The first-order chi connectivity index (χ1) is 7.65. The van der Waals surface area contributed by atoms with Gasteiger partial charge in [-0.3, -0.25) is 0 Å². The van der Waals surface area contributed by atoms with Gasteiger partial charge in [0.25, 0.3) is 0 Å². The van der Waals surface area contributed by atoms with Gasteiger partial charge >= 0.3 is 41.5 Å². The summed E-state index contributed by atoms with van der Waals surface area (Å²) < 4.78 is 0. The van der Waals surface area contributed by atoms with Gasteiger partial charge in [-0.2, -0.15) is 6.07 Å². The Kier molecular flexibility index (Phi) is 8.63. The van der Waals surface area contributed by atoms with Crippen molar-refractivity contribution < 1.29 is 16.2 Å². The Morgan fingerprint density at radius 1 is 0.941 bits per heavy atom. The van der Waals surface area contributed by atoms with Crippen molar-refractivity contribution >= 4 is 47.2 Å². The summed E-state index contributed by atoms with van der Waals surface area (Å²) in [6.45, 7) is 0. The van der Waals surface area contributed by atoms with E-state index in [9.17, 15) is 4.79 Å². The summed E-state index contributed by atoms with van der Waals surface area (Å²) in [5.74, 6) is 0. The molecule has 0 aliphatic heterocycles. The van der Waals surface area contributed by atoms with Gasteiger partial charge in [0, 0.05) is 0 Å². The minimum atomic E-state index is -1.62. The molecule has 93 valence electrons. The van der Waals surface area contributed by atoms with Crippen LogP contribution in [0.2, 0.25) is 0 Å². The fourth-order valence-electron chi connectivity index (χ4n) is 1.31. The van der Waals surface area contributed by atoms with Gasteiger partial charge in [0.05, 0.1) is 6.29 Å². The Bertz CT molecular complexity index is 471. The van der Waals surface area contributed by atoms with Gasteiger partial charge in [0.15, 0.2) is 0 Å². The van der Waals surface area contributed by atoms with Crippen molar-refractivity contribution in [2.75, 3.05) is 0 Å². The van der Waals surface area contributed by atoms with Crippen molar-refractivity contribution in [1.82, 2.24) is 0 Å². The Morgan fingerprint density at radius 2 is 1.47 bits per heavy atom. The van der Waals surface area contributed by atoms with Crippen molar-refractivity contribution in [3.05, 3.63) is 54.2 Å². The molecule has 0 fully saturated rings. The van der Waals surface area contributed by atoms with Crippen LogP contribution >= 0.6 is 30.1 Å². The molecule has 6 heteroatoms. The molecule has 2 aromatic rings. The van der Waals surface area contributed by atoms with Crippen LogP contribution in [0.4, 0.5) is 0 Å². The molecule has 0 saturated heterocycles. The van der Waals surface area contributed by atoms with E-state index in [0.717, 1.165) is 10.8 Å². The zero-order chi connectivity index (χ0) is 12.0. The Hall–Kier alpha value is -0.268. The molecule has 2 N–H and O–H groups in total. The summed E-state index contributed by atoms with van der Waals surface area (Å²) in [6, 6.07) is 13.4. The second kappa shape index (κ2) is 8.77. The molecule has 0 heterocycles. The number of fused-ring (bicyclic) bond motifs is 1. The quantitative estimate of drug-likeness (QED) is 0.673. The van der Waals surface area contributed by atoms with Gasteiger partial charge in [-0.05, 0) is 0 Å². The second-order valence-corrected chi connectivity index (χ2v) is 9.12. The van der Waals surface area contributed by atoms with Crippen molar-refractivity contribution in [1.29, 1.82) is 0 Å². The number of carbonyl (C=O) groups excluding carboxylic acids is 1. The molecule has 0 amide bonds. The number of nitrogens with two attached hydrogens (primary N) is 1. The molecular weight excluding hydrogens is 320 g/mol. The van der Waals surface area contributed by atoms with Crippen LogP contribution in [0.5, 0.6) is 0 Å². The van der Waals surface area contributed by atoms with Gasteiger partial charge in [0.2, 0.25) is 0 Å². The van der Waals surface area contributed by atoms with E-state index in [2.05, 4.69) is 0 Å². The summed E-state index contributed by atoms with van der Waals surface area (Å²) in [5, 5.41) is 2.05. The summed E-state index contributed by atoms with van der Waals surface area (Å²) in [7, 11) is 14.8. The third-order valence-corrected chi connectivity index (χ3v) is 1.90. The molecule has 0 radical (unpaired) electrons. The van der Waals surface area contributed by atoms with Crippen LogP contribution in [0.15, 0.2) is 42.5 Å². The molecule has 2 aromatic carbocycles. The van der Waals surface area contributed by atoms with E-state index < -0.39 is 11.4 Å². The molecule has 0 aliphatic rings. The predicted molar refractivity (Wildman–Crippen MR) is 71.6 cm³/mol. The average Bonchev–Trinajstić information content (AvgIpc) is 2.27. The molecule has 2 nitrogen and oxygen atoms in total. The van der Waals surface area contributed by atoms with E-state index in [-0.39, 0.29) is 6.15 Å². The number of hydrogen-bond acceptors (Lipinski definition) is 1. The maximum Gasteiger partial charge on any atom is -0.693 e. The van der Waals surface area contributed by atoms with Crippen molar-refractivity contribution in [3.8, 4) is 0 Å². The van der Waals surface area contributed by atoms with Crippen LogP contribution in [0.1, 0.15) is 5.56 Å². The van der Waals surface area contributed by atoms with E-state index in [0.29, 0.717) is 5.56 Å². The van der Waals surface area contributed by atoms with Gasteiger partial charge in [-0.1, -0.05) is 29.7 Å². The smallest absolute Gasteiger partial charge is 0.693 e. The van der Waals surface area contributed by atoms with Crippen molar-refractivity contribution in [2.24, 2.45) is 0 Å². The SMILES string of the molecule is O=[C-]c1cccc2ccccc12.[Cl][Cr]([Cl])[Cl].[NH2-]. The minimum Gasteiger partial charge on any atom is -0.693 e. The standard InChI is InChI=1S/C11H7O.3ClH.Cr.H2N/c12-8-10-6-3-5-9-4-1-2-7-11(9)10;;;;;/h1-7H;3*1H;;1H2/q-1;;;;+3;-1/p-3. The molecule has 0 aromatic heterocycles. The van der Waals surface area contributed by atoms with Crippen molar-refractivity contribution in [3.63, 3.8) is 0 Å². The Labute approximate surface area is 117 Å². The molecule has 0 atom stereocenters. The van der Waals surface area contributed by atoms with Crippen LogP contribution < -0.4 is 0 Å². The van der Waals surface area contributed by atoms with Crippen molar-refractivity contribution in [2.45, 2.75) is 0 Å². The third kappa shape index (κ3) is 5.74. The molecule has 0 aliphatic carbocycles.